The fraction of sp³-hybridized carbons (Fsp3) is 0.562. The molecule has 3 N–H and O–H groups in total. The van der Waals surface area contributed by atoms with Gasteiger partial charge in [0.05, 0.1) is 25.5 Å². The molecule has 1 aliphatic rings. The van der Waals surface area contributed by atoms with Crippen molar-refractivity contribution in [2.75, 3.05) is 20.0 Å². The van der Waals surface area contributed by atoms with Crippen LogP contribution in [0.15, 0.2) is 12.1 Å². The number of carbonyl (C=O) groups excluding carboxylic acids is 1. The van der Waals surface area contributed by atoms with Gasteiger partial charge in [-0.15, -0.1) is 0 Å². The first-order valence-electron chi connectivity index (χ1n) is 7.41. The number of hydrogen-bond acceptors (Lipinski definition) is 4. The standard InChI is InChI=1S/C16H24N2O3/c1-4-11(7-10-5-6-10)18-16(19)13-8-12(20-2)9-14(21-3)15(13)17/h8-11H,4-7,17H2,1-3H3,(H,18,19). The Morgan fingerprint density at radius 2 is 2.10 bits per heavy atom. The Balaban J connectivity index is 2.16. The number of benzene rings is 1. The Kier molecular flexibility index (Phi) is 4.94. The topological polar surface area (TPSA) is 73.6 Å². The maximum atomic E-state index is 12.5. The van der Waals surface area contributed by atoms with E-state index in [9.17, 15) is 4.79 Å². The first kappa shape index (κ1) is 15.5. The smallest absolute Gasteiger partial charge is 0.253 e. The molecule has 2 rings (SSSR count). The number of nitrogens with one attached hydrogen (secondary N) is 1. The minimum atomic E-state index is -0.169. The van der Waals surface area contributed by atoms with Crippen molar-refractivity contribution in [1.29, 1.82) is 0 Å². The fourth-order valence-electron chi connectivity index (χ4n) is 2.42. The highest BCUT2D eigenvalue weighted by Crippen LogP contribution is 2.34. The van der Waals surface area contributed by atoms with Gasteiger partial charge in [-0.05, 0) is 24.8 Å². The average molecular weight is 292 g/mol. The van der Waals surface area contributed by atoms with Gasteiger partial charge < -0.3 is 20.5 Å². The lowest BCUT2D eigenvalue weighted by molar-refractivity contribution is 0.0933. The predicted molar refractivity (Wildman–Crippen MR) is 82.8 cm³/mol. The van der Waals surface area contributed by atoms with E-state index in [1.54, 1.807) is 19.2 Å². The first-order chi connectivity index (χ1) is 10.1. The average Bonchev–Trinajstić information content (AvgIpc) is 3.30. The van der Waals surface area contributed by atoms with Crippen molar-refractivity contribution in [3.8, 4) is 11.5 Å². The van der Waals surface area contributed by atoms with E-state index >= 15 is 0 Å². The third-order valence-corrected chi connectivity index (χ3v) is 3.96. The zero-order chi connectivity index (χ0) is 15.4. The molecule has 5 nitrogen and oxygen atoms in total. The predicted octanol–water partition coefficient (Wildman–Crippen LogP) is 2.59. The van der Waals surface area contributed by atoms with Crippen LogP contribution in [0.25, 0.3) is 0 Å². The molecule has 1 amide bonds. The van der Waals surface area contributed by atoms with E-state index in [4.69, 9.17) is 15.2 Å². The van der Waals surface area contributed by atoms with Crippen LogP contribution < -0.4 is 20.5 Å². The van der Waals surface area contributed by atoms with E-state index in [0.29, 0.717) is 22.7 Å². The lowest BCUT2D eigenvalue weighted by atomic mass is 10.1. The quantitative estimate of drug-likeness (QED) is 0.758. The summed E-state index contributed by atoms with van der Waals surface area (Å²) in [5.41, 5.74) is 6.76. The normalized spacial score (nSPS) is 15.4. The molecule has 0 aliphatic heterocycles. The molecule has 1 fully saturated rings. The number of nitrogen functional groups attached to an aromatic ring is 1. The lowest BCUT2D eigenvalue weighted by Crippen LogP contribution is -2.35. The largest absolute Gasteiger partial charge is 0.497 e. The van der Waals surface area contributed by atoms with Crippen molar-refractivity contribution in [2.24, 2.45) is 5.92 Å². The van der Waals surface area contributed by atoms with E-state index in [-0.39, 0.29) is 11.9 Å². The number of nitrogens with two attached hydrogens (primary N) is 1. The molecule has 5 heteroatoms. The van der Waals surface area contributed by atoms with Gasteiger partial charge in [-0.1, -0.05) is 19.8 Å². The van der Waals surface area contributed by atoms with Crippen LogP contribution in [0.1, 0.15) is 43.0 Å². The second kappa shape index (κ2) is 6.70. The number of carbonyl (C=O) groups is 1. The molecule has 1 aliphatic carbocycles. The van der Waals surface area contributed by atoms with Gasteiger partial charge in [0.15, 0.2) is 0 Å². The second-order valence-corrected chi connectivity index (χ2v) is 5.55. The summed E-state index contributed by atoms with van der Waals surface area (Å²) in [6, 6.07) is 3.52. The van der Waals surface area contributed by atoms with Gasteiger partial charge in [-0.25, -0.2) is 0 Å². The molecular weight excluding hydrogens is 268 g/mol. The molecule has 1 saturated carbocycles. The van der Waals surface area contributed by atoms with Gasteiger partial charge >= 0.3 is 0 Å². The van der Waals surface area contributed by atoms with Crippen molar-refractivity contribution in [3.63, 3.8) is 0 Å². The Morgan fingerprint density at radius 1 is 1.38 bits per heavy atom. The minimum Gasteiger partial charge on any atom is -0.497 e. The van der Waals surface area contributed by atoms with E-state index in [2.05, 4.69) is 12.2 Å². The highest BCUT2D eigenvalue weighted by Gasteiger charge is 2.26. The third kappa shape index (κ3) is 3.80. The molecule has 0 radical (unpaired) electrons. The zero-order valence-electron chi connectivity index (χ0n) is 12.9. The molecule has 0 saturated heterocycles. The molecule has 1 atom stereocenters. The molecule has 21 heavy (non-hydrogen) atoms. The van der Waals surface area contributed by atoms with Crippen LogP contribution in [0.2, 0.25) is 0 Å². The Morgan fingerprint density at radius 3 is 2.62 bits per heavy atom. The molecule has 0 heterocycles. The van der Waals surface area contributed by atoms with Gasteiger partial charge in [0, 0.05) is 12.1 Å². The number of rotatable bonds is 7. The molecule has 0 bridgehead atoms. The minimum absolute atomic E-state index is 0.169. The van der Waals surface area contributed by atoms with E-state index in [0.717, 1.165) is 18.8 Å². The van der Waals surface area contributed by atoms with Crippen LogP contribution >= 0.6 is 0 Å². The Hall–Kier alpha value is -1.91. The van der Waals surface area contributed by atoms with Gasteiger partial charge in [0.1, 0.15) is 11.5 Å². The second-order valence-electron chi connectivity index (χ2n) is 5.55. The summed E-state index contributed by atoms with van der Waals surface area (Å²) >= 11 is 0. The van der Waals surface area contributed by atoms with Gasteiger partial charge in [-0.2, -0.15) is 0 Å². The molecular formula is C16H24N2O3. The third-order valence-electron chi connectivity index (χ3n) is 3.96. The maximum absolute atomic E-state index is 12.5. The van der Waals surface area contributed by atoms with Gasteiger partial charge in [0.2, 0.25) is 0 Å². The van der Waals surface area contributed by atoms with Gasteiger partial charge in [-0.3, -0.25) is 4.79 Å². The molecule has 116 valence electrons. The summed E-state index contributed by atoms with van der Waals surface area (Å²) in [7, 11) is 3.07. The van der Waals surface area contributed by atoms with Crippen LogP contribution in [0, 0.1) is 5.92 Å². The summed E-state index contributed by atoms with van der Waals surface area (Å²) in [5, 5.41) is 3.07. The number of hydrogen-bond donors (Lipinski definition) is 2. The molecule has 1 aromatic carbocycles. The van der Waals surface area contributed by atoms with Crippen LogP contribution in [-0.4, -0.2) is 26.2 Å². The Bertz CT molecular complexity index is 512. The van der Waals surface area contributed by atoms with Crippen molar-refractivity contribution in [3.05, 3.63) is 17.7 Å². The van der Waals surface area contributed by atoms with Crippen LogP contribution in [0.5, 0.6) is 11.5 Å². The monoisotopic (exact) mass is 292 g/mol. The van der Waals surface area contributed by atoms with Crippen molar-refractivity contribution < 1.29 is 14.3 Å². The lowest BCUT2D eigenvalue weighted by Gasteiger charge is -2.18. The maximum Gasteiger partial charge on any atom is 0.253 e. The van der Waals surface area contributed by atoms with E-state index in [1.807, 2.05) is 0 Å². The fourth-order valence-corrected chi connectivity index (χ4v) is 2.42. The Labute approximate surface area is 125 Å². The summed E-state index contributed by atoms with van der Waals surface area (Å²) in [4.78, 5) is 12.5. The highest BCUT2D eigenvalue weighted by molar-refractivity contribution is 6.01. The highest BCUT2D eigenvalue weighted by atomic mass is 16.5. The summed E-state index contributed by atoms with van der Waals surface area (Å²) in [6.45, 7) is 2.09. The van der Waals surface area contributed by atoms with Crippen molar-refractivity contribution >= 4 is 11.6 Å². The van der Waals surface area contributed by atoms with Crippen molar-refractivity contribution in [2.45, 2.75) is 38.6 Å². The van der Waals surface area contributed by atoms with Crippen LogP contribution in [-0.2, 0) is 0 Å². The number of ether oxygens (including phenoxy) is 2. The molecule has 0 spiro atoms. The first-order valence-corrected chi connectivity index (χ1v) is 7.41. The van der Waals surface area contributed by atoms with Crippen LogP contribution in [0.4, 0.5) is 5.69 Å². The molecule has 0 aromatic heterocycles. The summed E-state index contributed by atoms with van der Waals surface area (Å²) < 4.78 is 10.4. The van der Waals surface area contributed by atoms with E-state index in [1.165, 1.54) is 20.0 Å². The summed E-state index contributed by atoms with van der Waals surface area (Å²) in [5.74, 6) is 1.61. The molecule has 1 aromatic rings. The zero-order valence-corrected chi connectivity index (χ0v) is 12.9. The van der Waals surface area contributed by atoms with E-state index < -0.39 is 0 Å². The molecule has 1 unspecified atom stereocenters. The van der Waals surface area contributed by atoms with Crippen molar-refractivity contribution in [1.82, 2.24) is 5.32 Å². The summed E-state index contributed by atoms with van der Waals surface area (Å²) in [6.07, 6.45) is 4.52. The van der Waals surface area contributed by atoms with Gasteiger partial charge in [0.25, 0.3) is 5.91 Å². The van der Waals surface area contributed by atoms with Crippen LogP contribution in [0.3, 0.4) is 0 Å². The number of methoxy groups -OCH3 is 2. The number of amides is 1. The number of anilines is 1. The SMILES string of the molecule is CCC(CC1CC1)NC(=O)c1cc(OC)cc(OC)c1N.